The fourth-order valence-electron chi connectivity index (χ4n) is 3.39. The van der Waals surface area contributed by atoms with Crippen LogP contribution in [0.5, 0.6) is 0 Å². The molecule has 1 heterocycles. The zero-order valence-corrected chi connectivity index (χ0v) is 11.8. The molecule has 2 fully saturated rings. The first-order valence-electron chi connectivity index (χ1n) is 7.68. The van der Waals surface area contributed by atoms with E-state index in [0.717, 1.165) is 6.61 Å². The highest BCUT2D eigenvalue weighted by Gasteiger charge is 2.65. The molecule has 2 nitrogen and oxygen atoms in total. The first-order valence-corrected chi connectivity index (χ1v) is 7.68. The van der Waals surface area contributed by atoms with Gasteiger partial charge in [0.2, 0.25) is 0 Å². The van der Waals surface area contributed by atoms with Crippen molar-refractivity contribution in [2.24, 2.45) is 0 Å². The van der Waals surface area contributed by atoms with E-state index in [2.05, 4.69) is 31.2 Å². The van der Waals surface area contributed by atoms with Gasteiger partial charge in [0, 0.05) is 0 Å². The molecule has 2 heteroatoms. The van der Waals surface area contributed by atoms with E-state index >= 15 is 0 Å². The van der Waals surface area contributed by atoms with Crippen LogP contribution >= 0.6 is 0 Å². The van der Waals surface area contributed by atoms with Crippen molar-refractivity contribution >= 4 is 0 Å². The molecule has 1 aliphatic carbocycles. The van der Waals surface area contributed by atoms with Gasteiger partial charge >= 0.3 is 0 Å². The highest BCUT2D eigenvalue weighted by molar-refractivity contribution is 5.16. The predicted octanol–water partition coefficient (Wildman–Crippen LogP) is 4.08. The van der Waals surface area contributed by atoms with Gasteiger partial charge in [0.15, 0.2) is 0 Å². The van der Waals surface area contributed by atoms with Crippen molar-refractivity contribution in [1.29, 1.82) is 0 Å². The lowest BCUT2D eigenvalue weighted by atomic mass is 9.97. The van der Waals surface area contributed by atoms with Gasteiger partial charge in [-0.2, -0.15) is 0 Å². The molecule has 3 rings (SSSR count). The lowest BCUT2D eigenvalue weighted by molar-refractivity contribution is -0.0214. The maximum Gasteiger partial charge on any atom is 0.121 e. The number of unbranched alkanes of at least 4 members (excludes halogenated alkanes) is 2. The normalized spacial score (nSPS) is 32.3. The second-order valence-corrected chi connectivity index (χ2v) is 5.88. The van der Waals surface area contributed by atoms with Gasteiger partial charge < -0.3 is 9.47 Å². The Balaban J connectivity index is 1.53. The molecule has 0 spiro atoms. The van der Waals surface area contributed by atoms with Crippen molar-refractivity contribution in [1.82, 2.24) is 0 Å². The Labute approximate surface area is 116 Å². The number of ether oxygens (including phenoxy) is 2. The molecule has 1 aliphatic heterocycles. The average Bonchev–Trinajstić information content (AvgIpc) is 3.06. The summed E-state index contributed by atoms with van der Waals surface area (Å²) in [7, 11) is 0. The molecule has 0 radical (unpaired) electrons. The zero-order valence-electron chi connectivity index (χ0n) is 11.8. The Morgan fingerprint density at radius 1 is 1.21 bits per heavy atom. The van der Waals surface area contributed by atoms with Crippen LogP contribution in [0.2, 0.25) is 0 Å². The molecule has 1 aromatic rings. The Bertz CT molecular complexity index is 403. The van der Waals surface area contributed by atoms with E-state index in [4.69, 9.17) is 9.47 Å². The number of benzene rings is 1. The second-order valence-electron chi connectivity index (χ2n) is 5.88. The number of fused-ring (bicyclic) bond motifs is 1. The zero-order chi connectivity index (χ0) is 13.1. The number of epoxide rings is 1. The minimum absolute atomic E-state index is 0.0873. The Hall–Kier alpha value is -0.860. The first kappa shape index (κ1) is 13.1. The third kappa shape index (κ3) is 2.70. The molecule has 104 valence electrons. The number of rotatable bonds is 7. The van der Waals surface area contributed by atoms with Crippen molar-refractivity contribution in [3.8, 4) is 0 Å². The second kappa shape index (κ2) is 5.64. The van der Waals surface area contributed by atoms with Crippen LogP contribution in [-0.4, -0.2) is 17.8 Å². The summed E-state index contributed by atoms with van der Waals surface area (Å²) >= 11 is 0. The summed E-state index contributed by atoms with van der Waals surface area (Å²) in [6.07, 6.45) is 8.21. The molecule has 0 aromatic heterocycles. The Morgan fingerprint density at radius 2 is 2.05 bits per heavy atom. The highest BCUT2D eigenvalue weighted by Crippen LogP contribution is 2.54. The third-order valence-electron chi connectivity index (χ3n) is 4.55. The van der Waals surface area contributed by atoms with Gasteiger partial charge in [0.05, 0.1) is 18.8 Å². The van der Waals surface area contributed by atoms with E-state index in [-0.39, 0.29) is 5.60 Å². The Kier molecular flexibility index (Phi) is 3.90. The maximum absolute atomic E-state index is 6.15. The molecular formula is C17H24O2. The minimum atomic E-state index is 0.0873. The van der Waals surface area contributed by atoms with Crippen molar-refractivity contribution in [3.63, 3.8) is 0 Å². The van der Waals surface area contributed by atoms with Crippen molar-refractivity contribution in [3.05, 3.63) is 35.9 Å². The minimum Gasteiger partial charge on any atom is -0.370 e. The summed E-state index contributed by atoms with van der Waals surface area (Å²) in [5.41, 5.74) is 1.35. The molecule has 0 N–H and O–H groups in total. The molecule has 19 heavy (non-hydrogen) atoms. The van der Waals surface area contributed by atoms with Crippen molar-refractivity contribution in [2.75, 3.05) is 0 Å². The molecule has 1 saturated carbocycles. The summed E-state index contributed by atoms with van der Waals surface area (Å²) in [6, 6.07) is 10.4. The molecule has 1 aromatic carbocycles. The maximum atomic E-state index is 6.15. The summed E-state index contributed by atoms with van der Waals surface area (Å²) in [5.74, 6) is 0. The molecule has 3 atom stereocenters. The third-order valence-corrected chi connectivity index (χ3v) is 4.55. The first-order chi connectivity index (χ1) is 9.35. The van der Waals surface area contributed by atoms with E-state index in [1.54, 1.807) is 0 Å². The van der Waals surface area contributed by atoms with Crippen molar-refractivity contribution < 1.29 is 9.47 Å². The van der Waals surface area contributed by atoms with Gasteiger partial charge in [-0.15, -0.1) is 0 Å². The van der Waals surface area contributed by atoms with Crippen LogP contribution in [-0.2, 0) is 16.1 Å². The number of hydrogen-bond acceptors (Lipinski definition) is 2. The lowest BCUT2D eigenvalue weighted by Crippen LogP contribution is -2.29. The Morgan fingerprint density at radius 3 is 2.79 bits per heavy atom. The van der Waals surface area contributed by atoms with E-state index in [1.807, 2.05) is 6.07 Å². The fraction of sp³-hybridized carbons (Fsp3) is 0.647. The van der Waals surface area contributed by atoms with E-state index < -0.39 is 0 Å². The summed E-state index contributed by atoms with van der Waals surface area (Å²) in [4.78, 5) is 0. The van der Waals surface area contributed by atoms with Gasteiger partial charge in [0.25, 0.3) is 0 Å². The van der Waals surface area contributed by atoms with Crippen LogP contribution in [0.3, 0.4) is 0 Å². The van der Waals surface area contributed by atoms with Crippen molar-refractivity contribution in [2.45, 2.75) is 69.9 Å². The van der Waals surface area contributed by atoms with Crippen LogP contribution in [0.15, 0.2) is 30.3 Å². The molecule has 0 unspecified atom stereocenters. The highest BCUT2D eigenvalue weighted by atomic mass is 16.6. The largest absolute Gasteiger partial charge is 0.370 e. The summed E-state index contributed by atoms with van der Waals surface area (Å²) in [6.45, 7) is 2.97. The fourth-order valence-corrected chi connectivity index (χ4v) is 3.39. The standard InChI is InChI=1S/C17H24O2/c1-2-3-7-12-17-15(10-11-16(17)19-17)18-13-14-8-5-4-6-9-14/h4-6,8-9,15-16H,2-3,7,10-13H2,1H3/t15-,16-,17+/m1/s1. The van der Waals surface area contributed by atoms with E-state index in [1.165, 1.54) is 44.1 Å². The molecule has 1 saturated heterocycles. The van der Waals surface area contributed by atoms with Crippen LogP contribution in [0, 0.1) is 0 Å². The lowest BCUT2D eigenvalue weighted by Gasteiger charge is -2.21. The van der Waals surface area contributed by atoms with Crippen LogP contribution in [0.4, 0.5) is 0 Å². The molecule has 0 amide bonds. The smallest absolute Gasteiger partial charge is 0.121 e. The molecular weight excluding hydrogens is 236 g/mol. The number of hydrogen-bond donors (Lipinski definition) is 0. The van der Waals surface area contributed by atoms with Gasteiger partial charge in [0.1, 0.15) is 5.60 Å². The van der Waals surface area contributed by atoms with Gasteiger partial charge in [-0.25, -0.2) is 0 Å². The average molecular weight is 260 g/mol. The summed E-state index contributed by atoms with van der Waals surface area (Å²) in [5, 5.41) is 0. The van der Waals surface area contributed by atoms with E-state index in [0.29, 0.717) is 12.2 Å². The van der Waals surface area contributed by atoms with Gasteiger partial charge in [-0.1, -0.05) is 56.5 Å². The molecule has 0 bridgehead atoms. The quantitative estimate of drug-likeness (QED) is 0.544. The summed E-state index contributed by atoms with van der Waals surface area (Å²) < 4.78 is 12.1. The van der Waals surface area contributed by atoms with Gasteiger partial charge in [-0.05, 0) is 24.8 Å². The van der Waals surface area contributed by atoms with Crippen LogP contribution < -0.4 is 0 Å². The van der Waals surface area contributed by atoms with Gasteiger partial charge in [-0.3, -0.25) is 0 Å². The topological polar surface area (TPSA) is 21.8 Å². The predicted molar refractivity (Wildman–Crippen MR) is 76.0 cm³/mol. The monoisotopic (exact) mass is 260 g/mol. The SMILES string of the molecule is CCCCC[C@@]12O[C@@H]1CC[C@H]2OCc1ccccc1. The van der Waals surface area contributed by atoms with Crippen LogP contribution in [0.1, 0.15) is 51.0 Å². The van der Waals surface area contributed by atoms with E-state index in [9.17, 15) is 0 Å². The van der Waals surface area contributed by atoms with Crippen LogP contribution in [0.25, 0.3) is 0 Å². The molecule has 2 aliphatic rings.